The van der Waals surface area contributed by atoms with Gasteiger partial charge in [-0.15, -0.1) is 0 Å². The number of rotatable bonds is 5. The summed E-state index contributed by atoms with van der Waals surface area (Å²) in [5, 5.41) is 11.6. The van der Waals surface area contributed by atoms with Crippen LogP contribution in [0.3, 0.4) is 0 Å². The first-order chi connectivity index (χ1) is 10.8. The van der Waals surface area contributed by atoms with Crippen molar-refractivity contribution < 1.29 is 4.92 Å². The van der Waals surface area contributed by atoms with Crippen molar-refractivity contribution in [2.24, 2.45) is 0 Å². The maximum absolute atomic E-state index is 11.6. The number of nitro groups is 1. The second-order valence-corrected chi connectivity index (χ2v) is 6.57. The van der Waals surface area contributed by atoms with Gasteiger partial charge in [0.15, 0.2) is 0 Å². The Balaban J connectivity index is 2.24. The quantitative estimate of drug-likeness (QED) is 0.617. The first-order valence-corrected chi connectivity index (χ1v) is 7.81. The smallest absolute Gasteiger partial charge is 0.348 e. The zero-order chi connectivity index (χ0) is 17.0. The molecule has 9 nitrogen and oxygen atoms in total. The van der Waals surface area contributed by atoms with Crippen molar-refractivity contribution in [2.75, 3.05) is 43.0 Å². The van der Waals surface area contributed by atoms with Gasteiger partial charge in [0.05, 0.1) is 4.92 Å². The van der Waals surface area contributed by atoms with Gasteiger partial charge in [0.25, 0.3) is 0 Å². The van der Waals surface area contributed by atoms with Crippen LogP contribution in [0.25, 0.3) is 0 Å². The van der Waals surface area contributed by atoms with Crippen molar-refractivity contribution >= 4 is 17.3 Å². The molecule has 0 saturated carbocycles. The SMILES string of the molecule is CCN1CCN(c2ncnc(NNC(C)(C)C)c2[N+](=O)[O-])CC1. The fourth-order valence-corrected chi connectivity index (χ4v) is 2.38. The summed E-state index contributed by atoms with van der Waals surface area (Å²) < 4.78 is 0. The summed E-state index contributed by atoms with van der Waals surface area (Å²) in [5.41, 5.74) is 5.53. The molecule has 0 radical (unpaired) electrons. The lowest BCUT2D eigenvalue weighted by Crippen LogP contribution is -2.46. The van der Waals surface area contributed by atoms with Crippen LogP contribution in [-0.4, -0.2) is 58.1 Å². The molecule has 1 saturated heterocycles. The molecule has 0 aliphatic carbocycles. The van der Waals surface area contributed by atoms with Crippen LogP contribution >= 0.6 is 0 Å². The topological polar surface area (TPSA) is 99.5 Å². The van der Waals surface area contributed by atoms with Gasteiger partial charge < -0.3 is 9.80 Å². The molecule has 1 aliphatic heterocycles. The number of anilines is 2. The number of aromatic nitrogens is 2. The average Bonchev–Trinajstić information content (AvgIpc) is 2.51. The van der Waals surface area contributed by atoms with Gasteiger partial charge in [0, 0.05) is 31.7 Å². The summed E-state index contributed by atoms with van der Waals surface area (Å²) in [6.07, 6.45) is 1.36. The molecule has 2 rings (SSSR count). The molecule has 0 aromatic carbocycles. The highest BCUT2D eigenvalue weighted by molar-refractivity contribution is 5.70. The van der Waals surface area contributed by atoms with Crippen molar-refractivity contribution in [3.63, 3.8) is 0 Å². The molecule has 23 heavy (non-hydrogen) atoms. The molecule has 2 N–H and O–H groups in total. The van der Waals surface area contributed by atoms with Crippen molar-refractivity contribution in [3.05, 3.63) is 16.4 Å². The molecule has 1 aromatic heterocycles. The molecule has 0 amide bonds. The summed E-state index contributed by atoms with van der Waals surface area (Å²) in [7, 11) is 0. The molecular formula is C14H25N7O2. The minimum atomic E-state index is -0.422. The monoisotopic (exact) mass is 323 g/mol. The van der Waals surface area contributed by atoms with Crippen molar-refractivity contribution in [3.8, 4) is 0 Å². The first-order valence-electron chi connectivity index (χ1n) is 7.81. The number of nitrogens with zero attached hydrogens (tertiary/aromatic N) is 5. The highest BCUT2D eigenvalue weighted by atomic mass is 16.6. The molecule has 9 heteroatoms. The standard InChI is InChI=1S/C14H25N7O2/c1-5-19-6-8-20(9-7-19)13-11(21(22)23)12(15-10-16-13)17-18-14(2,3)4/h10,18H,5-9H2,1-4H3,(H,15,16,17). The van der Waals surface area contributed by atoms with Gasteiger partial charge in [-0.3, -0.25) is 15.5 Å². The second-order valence-electron chi connectivity index (χ2n) is 6.57. The van der Waals surface area contributed by atoms with Crippen LogP contribution in [0, 0.1) is 10.1 Å². The Bertz CT molecular complexity index is 551. The highest BCUT2D eigenvalue weighted by Gasteiger charge is 2.29. The zero-order valence-corrected chi connectivity index (χ0v) is 14.2. The number of likely N-dealkylation sites (N-methyl/N-ethyl adjacent to an activating group) is 1. The summed E-state index contributed by atoms with van der Waals surface area (Å²) >= 11 is 0. The number of hydrogen-bond acceptors (Lipinski definition) is 8. The van der Waals surface area contributed by atoms with Gasteiger partial charge in [-0.1, -0.05) is 6.92 Å². The Kier molecular flexibility index (Phi) is 5.32. The maximum Gasteiger partial charge on any atom is 0.354 e. The van der Waals surface area contributed by atoms with Gasteiger partial charge in [-0.2, -0.15) is 0 Å². The molecule has 1 aromatic rings. The van der Waals surface area contributed by atoms with Crippen LogP contribution in [-0.2, 0) is 0 Å². The Morgan fingerprint density at radius 1 is 1.26 bits per heavy atom. The number of piperazine rings is 1. The van der Waals surface area contributed by atoms with E-state index in [4.69, 9.17) is 0 Å². The van der Waals surface area contributed by atoms with Gasteiger partial charge >= 0.3 is 5.69 Å². The Morgan fingerprint density at radius 3 is 2.43 bits per heavy atom. The first kappa shape index (κ1) is 17.4. The van der Waals surface area contributed by atoms with Crippen molar-refractivity contribution in [1.82, 2.24) is 20.3 Å². The molecule has 0 spiro atoms. The van der Waals surface area contributed by atoms with E-state index in [-0.39, 0.29) is 17.0 Å². The van der Waals surface area contributed by atoms with E-state index < -0.39 is 4.92 Å². The maximum atomic E-state index is 11.6. The minimum absolute atomic E-state index is 0.0887. The van der Waals surface area contributed by atoms with E-state index in [1.165, 1.54) is 6.33 Å². The van der Waals surface area contributed by atoms with E-state index in [0.717, 1.165) is 32.7 Å². The van der Waals surface area contributed by atoms with Gasteiger partial charge in [-0.05, 0) is 27.3 Å². The summed E-state index contributed by atoms with van der Waals surface area (Å²) in [4.78, 5) is 23.6. The molecule has 0 atom stereocenters. The summed E-state index contributed by atoms with van der Waals surface area (Å²) in [5.74, 6) is 0.562. The zero-order valence-electron chi connectivity index (χ0n) is 14.2. The van der Waals surface area contributed by atoms with E-state index in [0.29, 0.717) is 5.82 Å². The van der Waals surface area contributed by atoms with Crippen molar-refractivity contribution in [1.29, 1.82) is 0 Å². The number of nitrogens with one attached hydrogen (secondary N) is 2. The fourth-order valence-electron chi connectivity index (χ4n) is 2.38. The van der Waals surface area contributed by atoms with Crippen LogP contribution in [0.15, 0.2) is 6.33 Å². The van der Waals surface area contributed by atoms with E-state index in [1.807, 2.05) is 25.7 Å². The van der Waals surface area contributed by atoms with Crippen LogP contribution < -0.4 is 15.8 Å². The van der Waals surface area contributed by atoms with E-state index in [1.54, 1.807) is 0 Å². The minimum Gasteiger partial charge on any atom is -0.348 e. The van der Waals surface area contributed by atoms with Crippen LogP contribution in [0.5, 0.6) is 0 Å². The largest absolute Gasteiger partial charge is 0.354 e. The fraction of sp³-hybridized carbons (Fsp3) is 0.714. The highest BCUT2D eigenvalue weighted by Crippen LogP contribution is 2.32. The number of hydrazine groups is 1. The summed E-state index contributed by atoms with van der Waals surface area (Å²) in [6.45, 7) is 12.2. The molecule has 1 aliphatic rings. The normalized spacial score (nSPS) is 16.4. The van der Waals surface area contributed by atoms with Crippen LogP contribution in [0.1, 0.15) is 27.7 Å². The Hall–Kier alpha value is -2.00. The second kappa shape index (κ2) is 7.05. The molecule has 1 fully saturated rings. The van der Waals surface area contributed by atoms with Gasteiger partial charge in [-0.25, -0.2) is 15.4 Å². The predicted molar refractivity (Wildman–Crippen MR) is 89.5 cm³/mol. The van der Waals surface area contributed by atoms with Crippen molar-refractivity contribution in [2.45, 2.75) is 33.2 Å². The molecular weight excluding hydrogens is 298 g/mol. The third kappa shape index (κ3) is 4.49. The van der Waals surface area contributed by atoms with E-state index in [2.05, 4.69) is 32.6 Å². The third-order valence-corrected chi connectivity index (χ3v) is 3.66. The van der Waals surface area contributed by atoms with E-state index >= 15 is 0 Å². The molecule has 2 heterocycles. The molecule has 0 bridgehead atoms. The summed E-state index contributed by atoms with van der Waals surface area (Å²) in [6, 6.07) is 0. The third-order valence-electron chi connectivity index (χ3n) is 3.66. The molecule has 128 valence electrons. The van der Waals surface area contributed by atoms with E-state index in [9.17, 15) is 10.1 Å². The average molecular weight is 323 g/mol. The van der Waals surface area contributed by atoms with Gasteiger partial charge in [0.2, 0.25) is 11.6 Å². The molecule has 0 unspecified atom stereocenters. The lowest BCUT2D eigenvalue weighted by atomic mass is 10.1. The number of hydrogen-bond donors (Lipinski definition) is 2. The predicted octanol–water partition coefficient (Wildman–Crippen LogP) is 1.24. The Labute approximate surface area is 136 Å². The van der Waals surface area contributed by atoms with Gasteiger partial charge in [0.1, 0.15) is 6.33 Å². The lowest BCUT2D eigenvalue weighted by Gasteiger charge is -2.34. The Morgan fingerprint density at radius 2 is 1.91 bits per heavy atom. The van der Waals surface area contributed by atoms with Crippen LogP contribution in [0.2, 0.25) is 0 Å². The lowest BCUT2D eigenvalue weighted by molar-refractivity contribution is -0.383. The van der Waals surface area contributed by atoms with Crippen LogP contribution in [0.4, 0.5) is 17.3 Å².